The highest BCUT2D eigenvalue weighted by Gasteiger charge is 2.20. The quantitative estimate of drug-likeness (QED) is 0.754. The minimum Gasteiger partial charge on any atom is -0.356 e. The maximum absolute atomic E-state index is 12.9. The SMILES string of the molecule is CCn1cnnc1-c1cccc(NC(=O)c2cccnc2N2CCCC2)c1. The Hall–Kier alpha value is -3.22. The van der Waals surface area contributed by atoms with E-state index in [1.54, 1.807) is 18.6 Å². The Morgan fingerprint density at radius 1 is 1.19 bits per heavy atom. The van der Waals surface area contributed by atoms with Gasteiger partial charge in [-0.25, -0.2) is 4.98 Å². The number of hydrogen-bond donors (Lipinski definition) is 1. The highest BCUT2D eigenvalue weighted by Crippen LogP contribution is 2.24. The van der Waals surface area contributed by atoms with Gasteiger partial charge in [-0.1, -0.05) is 12.1 Å². The molecule has 3 heterocycles. The molecule has 1 aromatic carbocycles. The monoisotopic (exact) mass is 362 g/mol. The molecule has 27 heavy (non-hydrogen) atoms. The van der Waals surface area contributed by atoms with Crippen LogP contribution in [0.4, 0.5) is 11.5 Å². The van der Waals surface area contributed by atoms with Gasteiger partial charge in [0.15, 0.2) is 5.82 Å². The van der Waals surface area contributed by atoms with Crippen molar-refractivity contribution in [3.05, 3.63) is 54.5 Å². The molecular formula is C20H22N6O. The van der Waals surface area contributed by atoms with Gasteiger partial charge in [0.1, 0.15) is 12.1 Å². The summed E-state index contributed by atoms with van der Waals surface area (Å²) in [6.07, 6.45) is 5.72. The average molecular weight is 362 g/mol. The van der Waals surface area contributed by atoms with Crippen molar-refractivity contribution in [3.8, 4) is 11.4 Å². The lowest BCUT2D eigenvalue weighted by Crippen LogP contribution is -2.24. The standard InChI is InChI=1S/C20H22N6O/c1-2-25-14-22-24-18(25)15-7-5-8-16(13-15)23-20(27)17-9-6-10-21-19(17)26-11-3-4-12-26/h5-10,13-14H,2-4,11-12H2,1H3,(H,23,27). The number of nitrogens with zero attached hydrogens (tertiary/aromatic N) is 5. The molecule has 3 aromatic rings. The van der Waals surface area contributed by atoms with Crippen molar-refractivity contribution < 1.29 is 4.79 Å². The Kier molecular flexibility index (Phi) is 4.82. The number of anilines is 2. The number of carbonyl (C=O) groups excluding carboxylic acids is 1. The van der Waals surface area contributed by atoms with Gasteiger partial charge in [-0.15, -0.1) is 10.2 Å². The highest BCUT2D eigenvalue weighted by molar-refractivity contribution is 6.07. The molecule has 1 saturated heterocycles. The molecule has 0 atom stereocenters. The second-order valence-electron chi connectivity index (χ2n) is 6.54. The summed E-state index contributed by atoms with van der Waals surface area (Å²) in [6.45, 7) is 4.72. The summed E-state index contributed by atoms with van der Waals surface area (Å²) in [7, 11) is 0. The van der Waals surface area contributed by atoms with E-state index in [0.29, 0.717) is 5.56 Å². The molecule has 0 saturated carbocycles. The van der Waals surface area contributed by atoms with E-state index in [1.165, 1.54) is 0 Å². The summed E-state index contributed by atoms with van der Waals surface area (Å²) in [5.41, 5.74) is 2.24. The number of amides is 1. The third kappa shape index (κ3) is 3.53. The Morgan fingerprint density at radius 3 is 2.85 bits per heavy atom. The summed E-state index contributed by atoms with van der Waals surface area (Å²) in [4.78, 5) is 19.5. The second-order valence-corrected chi connectivity index (χ2v) is 6.54. The Labute approximate surface area is 158 Å². The van der Waals surface area contributed by atoms with E-state index in [-0.39, 0.29) is 5.91 Å². The number of hydrogen-bond acceptors (Lipinski definition) is 5. The molecular weight excluding hydrogens is 340 g/mol. The van der Waals surface area contributed by atoms with Crippen LogP contribution >= 0.6 is 0 Å². The van der Waals surface area contributed by atoms with Crippen LogP contribution < -0.4 is 10.2 Å². The third-order valence-corrected chi connectivity index (χ3v) is 4.77. The normalized spacial score (nSPS) is 13.7. The average Bonchev–Trinajstić information content (AvgIpc) is 3.40. The molecule has 138 valence electrons. The molecule has 7 nitrogen and oxygen atoms in total. The van der Waals surface area contributed by atoms with Crippen LogP contribution in [0.2, 0.25) is 0 Å². The smallest absolute Gasteiger partial charge is 0.259 e. The molecule has 1 amide bonds. The second kappa shape index (κ2) is 7.57. The fourth-order valence-corrected chi connectivity index (χ4v) is 3.40. The van der Waals surface area contributed by atoms with E-state index in [0.717, 1.165) is 55.4 Å². The molecule has 1 aliphatic rings. The first-order valence-corrected chi connectivity index (χ1v) is 9.26. The van der Waals surface area contributed by atoms with E-state index >= 15 is 0 Å². The zero-order valence-electron chi connectivity index (χ0n) is 15.3. The van der Waals surface area contributed by atoms with E-state index < -0.39 is 0 Å². The molecule has 1 aliphatic heterocycles. The molecule has 0 radical (unpaired) electrons. The van der Waals surface area contributed by atoms with E-state index in [1.807, 2.05) is 41.8 Å². The van der Waals surface area contributed by atoms with Crippen molar-refractivity contribution in [2.75, 3.05) is 23.3 Å². The molecule has 2 aromatic heterocycles. The Morgan fingerprint density at radius 2 is 2.04 bits per heavy atom. The number of aryl methyl sites for hydroxylation is 1. The lowest BCUT2D eigenvalue weighted by molar-refractivity contribution is 0.102. The van der Waals surface area contributed by atoms with E-state index in [2.05, 4.69) is 25.4 Å². The highest BCUT2D eigenvalue weighted by atomic mass is 16.1. The molecule has 1 N–H and O–H groups in total. The van der Waals surface area contributed by atoms with Gasteiger partial charge in [0.25, 0.3) is 5.91 Å². The van der Waals surface area contributed by atoms with Gasteiger partial charge in [0.2, 0.25) is 0 Å². The van der Waals surface area contributed by atoms with Crippen molar-refractivity contribution in [1.82, 2.24) is 19.7 Å². The first-order valence-electron chi connectivity index (χ1n) is 9.26. The first kappa shape index (κ1) is 17.2. The number of aromatic nitrogens is 4. The summed E-state index contributed by atoms with van der Waals surface area (Å²) < 4.78 is 1.97. The topological polar surface area (TPSA) is 75.9 Å². The van der Waals surface area contributed by atoms with Crippen molar-refractivity contribution in [1.29, 1.82) is 0 Å². The molecule has 7 heteroatoms. The zero-order valence-corrected chi connectivity index (χ0v) is 15.3. The number of pyridine rings is 1. The predicted octanol–water partition coefficient (Wildman–Crippen LogP) is 3.21. The number of nitrogens with one attached hydrogen (secondary N) is 1. The maximum Gasteiger partial charge on any atom is 0.259 e. The number of benzene rings is 1. The molecule has 0 bridgehead atoms. The van der Waals surface area contributed by atoms with Crippen LogP contribution in [0.5, 0.6) is 0 Å². The van der Waals surface area contributed by atoms with Crippen LogP contribution in [0.3, 0.4) is 0 Å². The van der Waals surface area contributed by atoms with Crippen LogP contribution in [0.15, 0.2) is 48.9 Å². The molecule has 0 spiro atoms. The molecule has 0 unspecified atom stereocenters. The fourth-order valence-electron chi connectivity index (χ4n) is 3.40. The molecule has 0 aliphatic carbocycles. The van der Waals surface area contributed by atoms with Crippen LogP contribution in [0.25, 0.3) is 11.4 Å². The van der Waals surface area contributed by atoms with Crippen LogP contribution in [-0.4, -0.2) is 38.7 Å². The lowest BCUT2D eigenvalue weighted by Gasteiger charge is -2.19. The van der Waals surface area contributed by atoms with Crippen molar-refractivity contribution in [3.63, 3.8) is 0 Å². The van der Waals surface area contributed by atoms with Gasteiger partial charge in [-0.3, -0.25) is 4.79 Å². The number of carbonyl (C=O) groups is 1. The minimum atomic E-state index is -0.154. The maximum atomic E-state index is 12.9. The summed E-state index contributed by atoms with van der Waals surface area (Å²) in [6, 6.07) is 11.3. The van der Waals surface area contributed by atoms with Gasteiger partial charge >= 0.3 is 0 Å². The predicted molar refractivity (Wildman–Crippen MR) is 105 cm³/mol. The molecule has 4 rings (SSSR count). The van der Waals surface area contributed by atoms with Crippen molar-refractivity contribution >= 4 is 17.4 Å². The van der Waals surface area contributed by atoms with Crippen LogP contribution in [-0.2, 0) is 6.54 Å². The van der Waals surface area contributed by atoms with Crippen LogP contribution in [0, 0.1) is 0 Å². The largest absolute Gasteiger partial charge is 0.356 e. The summed E-state index contributed by atoms with van der Waals surface area (Å²) >= 11 is 0. The van der Waals surface area contributed by atoms with Gasteiger partial charge in [-0.05, 0) is 44.0 Å². The Bertz CT molecular complexity index is 945. The number of rotatable bonds is 5. The fraction of sp³-hybridized carbons (Fsp3) is 0.300. The summed E-state index contributed by atoms with van der Waals surface area (Å²) in [5, 5.41) is 11.2. The molecule has 1 fully saturated rings. The van der Waals surface area contributed by atoms with E-state index in [9.17, 15) is 4.79 Å². The van der Waals surface area contributed by atoms with Crippen molar-refractivity contribution in [2.45, 2.75) is 26.3 Å². The van der Waals surface area contributed by atoms with Gasteiger partial charge in [0, 0.05) is 37.1 Å². The lowest BCUT2D eigenvalue weighted by atomic mass is 10.1. The van der Waals surface area contributed by atoms with E-state index in [4.69, 9.17) is 0 Å². The van der Waals surface area contributed by atoms with Gasteiger partial charge in [0.05, 0.1) is 5.56 Å². The first-order chi connectivity index (χ1) is 13.3. The van der Waals surface area contributed by atoms with Crippen LogP contribution in [0.1, 0.15) is 30.1 Å². The van der Waals surface area contributed by atoms with Crippen molar-refractivity contribution in [2.24, 2.45) is 0 Å². The van der Waals surface area contributed by atoms with Gasteiger partial charge < -0.3 is 14.8 Å². The minimum absolute atomic E-state index is 0.154. The summed E-state index contributed by atoms with van der Waals surface area (Å²) in [5.74, 6) is 1.39. The zero-order chi connectivity index (χ0) is 18.6. The third-order valence-electron chi connectivity index (χ3n) is 4.77. The Balaban J connectivity index is 1.58. The van der Waals surface area contributed by atoms with Gasteiger partial charge in [-0.2, -0.15) is 0 Å².